The standard InChI is InChI=1S/C61H38N6/c1-2-17-41(18-3-1)63-53-34-32-40(37-47(53)48-38-43(33-35-54(48)63)65-56-28-12-13-29-57(56)67-55-27-11-7-23-49(55)62-61(65)67)39-16-14-19-42(36-39)64-52-26-10-6-22-46(52)60-58(64)30-15-31-59(60)66-50-24-8-4-20-44(50)45-21-5-9-25-51(45)66/h1-38H. The van der Waals surface area contributed by atoms with E-state index in [1.165, 1.54) is 60.1 Å². The van der Waals surface area contributed by atoms with E-state index in [0.717, 1.165) is 67.1 Å². The lowest BCUT2D eigenvalue weighted by molar-refractivity contribution is 1.11. The number of para-hydroxylation sites is 8. The quantitative estimate of drug-likeness (QED) is 0.170. The minimum absolute atomic E-state index is 0.901. The average molecular weight is 855 g/mol. The van der Waals surface area contributed by atoms with Gasteiger partial charge in [-0.15, -0.1) is 0 Å². The topological polar surface area (TPSA) is 37.0 Å². The van der Waals surface area contributed by atoms with E-state index in [-0.39, 0.29) is 0 Å². The molecule has 0 amide bonds. The predicted molar refractivity (Wildman–Crippen MR) is 278 cm³/mol. The van der Waals surface area contributed by atoms with Crippen molar-refractivity contribution in [2.75, 3.05) is 0 Å². The van der Waals surface area contributed by atoms with E-state index in [1.54, 1.807) is 0 Å². The SMILES string of the molecule is c1ccc(-n2c3ccc(-c4cccc(-n5c6ccccc6c6c(-n7c8ccccc8c8ccccc87)cccc65)c4)cc3c3cc(-n4c5ccccc5n5c6ccccc6nc45)ccc32)cc1. The van der Waals surface area contributed by atoms with Gasteiger partial charge in [0.1, 0.15) is 0 Å². The Hall–Kier alpha value is -9.13. The van der Waals surface area contributed by atoms with Crippen molar-refractivity contribution in [3.05, 3.63) is 231 Å². The van der Waals surface area contributed by atoms with Crippen LogP contribution >= 0.6 is 0 Å². The van der Waals surface area contributed by atoms with E-state index in [9.17, 15) is 0 Å². The molecule has 0 N–H and O–H groups in total. The molecule has 67 heavy (non-hydrogen) atoms. The molecule has 5 aromatic heterocycles. The molecule has 0 bridgehead atoms. The summed E-state index contributed by atoms with van der Waals surface area (Å²) >= 11 is 0. The van der Waals surface area contributed by atoms with Crippen LogP contribution in [0.5, 0.6) is 0 Å². The number of nitrogens with zero attached hydrogens (tertiary/aromatic N) is 6. The van der Waals surface area contributed by atoms with Crippen molar-refractivity contribution in [3.63, 3.8) is 0 Å². The lowest BCUT2D eigenvalue weighted by atomic mass is 10.0. The second-order valence-electron chi connectivity index (χ2n) is 17.6. The highest BCUT2D eigenvalue weighted by Gasteiger charge is 2.22. The highest BCUT2D eigenvalue weighted by Crippen LogP contribution is 2.42. The Kier molecular flexibility index (Phi) is 7.40. The van der Waals surface area contributed by atoms with Crippen LogP contribution in [0.1, 0.15) is 0 Å². The molecule has 312 valence electrons. The van der Waals surface area contributed by atoms with Gasteiger partial charge in [0.2, 0.25) is 5.78 Å². The zero-order valence-electron chi connectivity index (χ0n) is 36.1. The zero-order valence-corrected chi connectivity index (χ0v) is 36.1. The lowest BCUT2D eigenvalue weighted by Gasteiger charge is -2.12. The number of benzene rings is 10. The number of fused-ring (bicyclic) bond motifs is 14. The van der Waals surface area contributed by atoms with Gasteiger partial charge >= 0.3 is 0 Å². The van der Waals surface area contributed by atoms with Crippen LogP contribution in [0.2, 0.25) is 0 Å². The first-order valence-electron chi connectivity index (χ1n) is 22.9. The highest BCUT2D eigenvalue weighted by atomic mass is 15.2. The van der Waals surface area contributed by atoms with Crippen LogP contribution in [-0.4, -0.2) is 27.7 Å². The molecular formula is C61H38N6. The maximum atomic E-state index is 5.20. The molecule has 0 aliphatic rings. The van der Waals surface area contributed by atoms with Crippen molar-refractivity contribution in [2.45, 2.75) is 0 Å². The fourth-order valence-electron chi connectivity index (χ4n) is 11.3. The van der Waals surface area contributed by atoms with Gasteiger partial charge in [0.15, 0.2) is 0 Å². The summed E-state index contributed by atoms with van der Waals surface area (Å²) < 4.78 is 11.9. The number of imidazole rings is 2. The van der Waals surface area contributed by atoms with Crippen molar-refractivity contribution in [1.82, 2.24) is 27.7 Å². The monoisotopic (exact) mass is 854 g/mol. The molecule has 15 aromatic rings. The molecule has 0 saturated carbocycles. The van der Waals surface area contributed by atoms with E-state index >= 15 is 0 Å². The van der Waals surface area contributed by atoms with E-state index in [1.807, 2.05) is 0 Å². The average Bonchev–Trinajstić information content (AvgIpc) is 4.19. The van der Waals surface area contributed by atoms with Gasteiger partial charge in [-0.2, -0.15) is 0 Å². The summed E-state index contributed by atoms with van der Waals surface area (Å²) in [5, 5.41) is 7.35. The van der Waals surface area contributed by atoms with E-state index in [0.29, 0.717) is 0 Å². The molecule has 0 atom stereocenters. The largest absolute Gasteiger partial charge is 0.309 e. The molecule has 0 spiro atoms. The van der Waals surface area contributed by atoms with Gasteiger partial charge in [-0.1, -0.05) is 121 Å². The second-order valence-corrected chi connectivity index (χ2v) is 17.6. The Labute approximate surface area is 383 Å². The third-order valence-electron chi connectivity index (χ3n) is 14.1. The summed E-state index contributed by atoms with van der Waals surface area (Å²) in [5.41, 5.74) is 18.2. The molecule has 0 radical (unpaired) electrons. The third kappa shape index (κ3) is 5.06. The Morgan fingerprint density at radius 3 is 1.57 bits per heavy atom. The number of hydrogen-bond acceptors (Lipinski definition) is 1. The first-order valence-corrected chi connectivity index (χ1v) is 22.9. The fourth-order valence-corrected chi connectivity index (χ4v) is 11.3. The summed E-state index contributed by atoms with van der Waals surface area (Å²) in [5.74, 6) is 0.901. The van der Waals surface area contributed by atoms with E-state index in [4.69, 9.17) is 4.98 Å². The summed E-state index contributed by atoms with van der Waals surface area (Å²) in [6.07, 6.45) is 0. The van der Waals surface area contributed by atoms with Gasteiger partial charge in [-0.25, -0.2) is 4.98 Å². The van der Waals surface area contributed by atoms with Crippen LogP contribution in [0.15, 0.2) is 231 Å². The molecule has 0 fully saturated rings. The highest BCUT2D eigenvalue weighted by molar-refractivity contribution is 6.17. The van der Waals surface area contributed by atoms with E-state index < -0.39 is 0 Å². The van der Waals surface area contributed by atoms with Crippen LogP contribution in [-0.2, 0) is 0 Å². The smallest absolute Gasteiger partial charge is 0.220 e. The lowest BCUT2D eigenvalue weighted by Crippen LogP contribution is -1.97. The number of rotatable bonds is 5. The molecule has 0 aliphatic heterocycles. The first kappa shape index (κ1) is 36.2. The van der Waals surface area contributed by atoms with E-state index in [2.05, 4.69) is 253 Å². The molecule has 10 aromatic carbocycles. The second kappa shape index (κ2) is 13.7. The molecule has 5 heterocycles. The molecule has 6 nitrogen and oxygen atoms in total. The van der Waals surface area contributed by atoms with Crippen LogP contribution in [0, 0.1) is 0 Å². The van der Waals surface area contributed by atoms with Crippen LogP contribution in [0.3, 0.4) is 0 Å². The minimum atomic E-state index is 0.901. The minimum Gasteiger partial charge on any atom is -0.309 e. The zero-order chi connectivity index (χ0) is 43.7. The van der Waals surface area contributed by atoms with Crippen molar-refractivity contribution >= 4 is 93.3 Å². The summed E-state index contributed by atoms with van der Waals surface area (Å²) in [6.45, 7) is 0. The molecule has 0 aliphatic carbocycles. The summed E-state index contributed by atoms with van der Waals surface area (Å²) in [4.78, 5) is 5.20. The van der Waals surface area contributed by atoms with Crippen LogP contribution < -0.4 is 0 Å². The van der Waals surface area contributed by atoms with Gasteiger partial charge in [0.05, 0.1) is 60.9 Å². The van der Waals surface area contributed by atoms with Crippen molar-refractivity contribution in [1.29, 1.82) is 0 Å². The van der Waals surface area contributed by atoms with Gasteiger partial charge < -0.3 is 13.7 Å². The molecule has 0 unspecified atom stereocenters. The van der Waals surface area contributed by atoms with Crippen LogP contribution in [0.4, 0.5) is 0 Å². The third-order valence-corrected chi connectivity index (χ3v) is 14.1. The van der Waals surface area contributed by atoms with Gasteiger partial charge in [0.25, 0.3) is 0 Å². The molecule has 15 rings (SSSR count). The summed E-state index contributed by atoms with van der Waals surface area (Å²) in [6, 6.07) is 83.8. The summed E-state index contributed by atoms with van der Waals surface area (Å²) in [7, 11) is 0. The fraction of sp³-hybridized carbons (Fsp3) is 0. The van der Waals surface area contributed by atoms with Crippen molar-refractivity contribution in [3.8, 4) is 33.9 Å². The Morgan fingerprint density at radius 1 is 0.269 bits per heavy atom. The predicted octanol–water partition coefficient (Wildman–Crippen LogP) is 15.4. The van der Waals surface area contributed by atoms with Crippen molar-refractivity contribution < 1.29 is 0 Å². The maximum Gasteiger partial charge on any atom is 0.220 e. The normalized spacial score (nSPS) is 12.2. The Balaban J connectivity index is 0.935. The Bertz CT molecular complexity index is 4460. The van der Waals surface area contributed by atoms with Gasteiger partial charge in [-0.05, 0) is 120 Å². The molecule has 0 saturated heterocycles. The van der Waals surface area contributed by atoms with Gasteiger partial charge in [-0.3, -0.25) is 8.97 Å². The van der Waals surface area contributed by atoms with Crippen LogP contribution in [0.25, 0.3) is 127 Å². The maximum absolute atomic E-state index is 5.20. The van der Waals surface area contributed by atoms with Crippen molar-refractivity contribution in [2.24, 2.45) is 0 Å². The number of aromatic nitrogens is 6. The number of hydrogen-bond donors (Lipinski definition) is 0. The first-order chi connectivity index (χ1) is 33.3. The van der Waals surface area contributed by atoms with Gasteiger partial charge in [0, 0.05) is 49.4 Å². The molecule has 6 heteroatoms. The Morgan fingerprint density at radius 2 is 0.791 bits per heavy atom. The molecular weight excluding hydrogens is 817 g/mol.